The van der Waals surface area contributed by atoms with Gasteiger partial charge in [-0.3, -0.25) is 0 Å². The number of hydrogen-bond donors (Lipinski definition) is 1. The fourth-order valence-electron chi connectivity index (χ4n) is 2.03. The molecule has 0 saturated carbocycles. The van der Waals surface area contributed by atoms with E-state index in [-0.39, 0.29) is 18.3 Å². The van der Waals surface area contributed by atoms with E-state index in [0.29, 0.717) is 17.2 Å². The fourth-order valence-corrected chi connectivity index (χ4v) is 3.70. The van der Waals surface area contributed by atoms with Crippen molar-refractivity contribution in [3.63, 3.8) is 0 Å². The van der Waals surface area contributed by atoms with E-state index in [4.69, 9.17) is 14.2 Å². The van der Waals surface area contributed by atoms with Crippen molar-refractivity contribution in [2.75, 3.05) is 18.3 Å². The highest BCUT2D eigenvalue weighted by molar-refractivity contribution is 7.91. The van der Waals surface area contributed by atoms with Gasteiger partial charge in [-0.25, -0.2) is 8.42 Å². The molecule has 2 aliphatic rings. The molecule has 1 aromatic rings. The topological polar surface area (TPSA) is 82.1 Å². The first kappa shape index (κ1) is 11.6. The Kier molecular flexibility index (Phi) is 2.60. The van der Waals surface area contributed by atoms with E-state index in [1.54, 1.807) is 18.2 Å². The third kappa shape index (κ3) is 2.11. The molecule has 2 heterocycles. The molecule has 3 rings (SSSR count). The van der Waals surface area contributed by atoms with Crippen LogP contribution in [0, 0.1) is 0 Å². The van der Waals surface area contributed by atoms with Crippen molar-refractivity contribution in [1.82, 2.24) is 0 Å². The summed E-state index contributed by atoms with van der Waals surface area (Å²) in [7, 11) is -3.21. The Labute approximate surface area is 104 Å². The Morgan fingerprint density at radius 2 is 2.00 bits per heavy atom. The van der Waals surface area contributed by atoms with Crippen LogP contribution in [-0.4, -0.2) is 44.0 Å². The van der Waals surface area contributed by atoms with Crippen LogP contribution in [0.5, 0.6) is 17.2 Å². The number of aliphatic hydroxyl groups excluding tert-OH is 1. The third-order valence-corrected chi connectivity index (χ3v) is 4.59. The molecule has 1 fully saturated rings. The molecule has 2 aliphatic heterocycles. The molecule has 0 spiro atoms. The lowest BCUT2D eigenvalue weighted by atomic mass is 10.2. The van der Waals surface area contributed by atoms with Crippen molar-refractivity contribution in [3.05, 3.63) is 18.2 Å². The van der Waals surface area contributed by atoms with E-state index < -0.39 is 22.0 Å². The van der Waals surface area contributed by atoms with E-state index in [0.717, 1.165) is 0 Å². The molecule has 2 atom stereocenters. The fraction of sp³-hybridized carbons (Fsp3) is 0.455. The summed E-state index contributed by atoms with van der Waals surface area (Å²) >= 11 is 0. The van der Waals surface area contributed by atoms with Crippen molar-refractivity contribution in [2.45, 2.75) is 12.2 Å². The van der Waals surface area contributed by atoms with E-state index >= 15 is 0 Å². The molecular formula is C11H12O6S. The summed E-state index contributed by atoms with van der Waals surface area (Å²) in [6.45, 7) is 0.166. The second kappa shape index (κ2) is 4.03. The smallest absolute Gasteiger partial charge is 0.231 e. The minimum Gasteiger partial charge on any atom is -0.486 e. The number of aliphatic hydroxyl groups is 1. The van der Waals surface area contributed by atoms with Gasteiger partial charge in [-0.15, -0.1) is 0 Å². The quantitative estimate of drug-likeness (QED) is 0.813. The van der Waals surface area contributed by atoms with E-state index in [1.165, 1.54) is 0 Å². The van der Waals surface area contributed by atoms with Gasteiger partial charge < -0.3 is 19.3 Å². The summed E-state index contributed by atoms with van der Waals surface area (Å²) in [6.07, 6.45) is -1.71. The zero-order chi connectivity index (χ0) is 12.8. The molecule has 1 saturated heterocycles. The van der Waals surface area contributed by atoms with Crippen LogP contribution in [0.4, 0.5) is 0 Å². The highest BCUT2D eigenvalue weighted by Crippen LogP contribution is 2.35. The maximum absolute atomic E-state index is 11.3. The summed E-state index contributed by atoms with van der Waals surface area (Å²) in [5, 5.41) is 9.62. The molecule has 2 unspecified atom stereocenters. The highest BCUT2D eigenvalue weighted by Gasteiger charge is 2.38. The lowest BCUT2D eigenvalue weighted by Crippen LogP contribution is -2.29. The van der Waals surface area contributed by atoms with Gasteiger partial charge in [-0.2, -0.15) is 0 Å². The zero-order valence-corrected chi connectivity index (χ0v) is 10.2. The van der Waals surface area contributed by atoms with Crippen molar-refractivity contribution in [1.29, 1.82) is 0 Å². The van der Waals surface area contributed by atoms with Gasteiger partial charge in [0.1, 0.15) is 18.0 Å². The SMILES string of the molecule is O=S1(=O)CC(O)C(Oc2ccc3c(c2)OCO3)C1. The first-order valence-corrected chi connectivity index (χ1v) is 7.30. The Hall–Kier alpha value is -1.47. The standard InChI is InChI=1S/C11H12O6S/c12-8-4-18(13,14)5-11(8)17-7-1-2-9-10(3-7)16-6-15-9/h1-3,8,11-12H,4-6H2. The highest BCUT2D eigenvalue weighted by atomic mass is 32.2. The minimum atomic E-state index is -3.21. The van der Waals surface area contributed by atoms with Crippen LogP contribution in [0.15, 0.2) is 18.2 Å². The second-order valence-electron chi connectivity index (χ2n) is 4.32. The van der Waals surface area contributed by atoms with Crippen LogP contribution in [0.3, 0.4) is 0 Å². The molecule has 0 bridgehead atoms. The number of rotatable bonds is 2. The van der Waals surface area contributed by atoms with Gasteiger partial charge in [0, 0.05) is 6.07 Å². The summed E-state index contributed by atoms with van der Waals surface area (Å²) < 4.78 is 38.5. The van der Waals surface area contributed by atoms with Crippen LogP contribution < -0.4 is 14.2 Å². The maximum Gasteiger partial charge on any atom is 0.231 e. The van der Waals surface area contributed by atoms with Crippen molar-refractivity contribution < 1.29 is 27.7 Å². The van der Waals surface area contributed by atoms with Crippen LogP contribution in [0.25, 0.3) is 0 Å². The monoisotopic (exact) mass is 272 g/mol. The Morgan fingerprint density at radius 1 is 1.22 bits per heavy atom. The van der Waals surface area contributed by atoms with Gasteiger partial charge in [0.2, 0.25) is 6.79 Å². The molecule has 6 nitrogen and oxygen atoms in total. The minimum absolute atomic E-state index is 0.164. The molecule has 0 radical (unpaired) electrons. The number of hydrogen-bond acceptors (Lipinski definition) is 6. The average Bonchev–Trinajstić information content (AvgIpc) is 2.83. The predicted molar refractivity (Wildman–Crippen MR) is 61.6 cm³/mol. The van der Waals surface area contributed by atoms with E-state index in [9.17, 15) is 13.5 Å². The number of benzene rings is 1. The van der Waals surface area contributed by atoms with Gasteiger partial charge in [0.05, 0.1) is 11.5 Å². The molecule has 1 aromatic carbocycles. The van der Waals surface area contributed by atoms with Crippen LogP contribution in [0.1, 0.15) is 0 Å². The maximum atomic E-state index is 11.3. The molecule has 0 amide bonds. The Bertz CT molecular complexity index is 567. The molecule has 1 N–H and O–H groups in total. The van der Waals surface area contributed by atoms with Gasteiger partial charge in [0.15, 0.2) is 21.3 Å². The molecule has 98 valence electrons. The van der Waals surface area contributed by atoms with Crippen molar-refractivity contribution in [3.8, 4) is 17.2 Å². The number of ether oxygens (including phenoxy) is 3. The molecule has 0 aliphatic carbocycles. The van der Waals surface area contributed by atoms with Gasteiger partial charge in [-0.05, 0) is 12.1 Å². The summed E-state index contributed by atoms with van der Waals surface area (Å²) in [5.74, 6) is 1.23. The molecule has 7 heteroatoms. The molecule has 18 heavy (non-hydrogen) atoms. The Balaban J connectivity index is 1.77. The normalized spacial score (nSPS) is 28.3. The predicted octanol–water partition coefficient (Wildman–Crippen LogP) is -0.0480. The van der Waals surface area contributed by atoms with Gasteiger partial charge >= 0.3 is 0 Å². The van der Waals surface area contributed by atoms with Crippen molar-refractivity contribution >= 4 is 9.84 Å². The third-order valence-electron chi connectivity index (χ3n) is 2.90. The van der Waals surface area contributed by atoms with Crippen molar-refractivity contribution in [2.24, 2.45) is 0 Å². The first-order valence-electron chi connectivity index (χ1n) is 5.48. The largest absolute Gasteiger partial charge is 0.486 e. The first-order chi connectivity index (χ1) is 8.53. The molecular weight excluding hydrogens is 260 g/mol. The van der Waals surface area contributed by atoms with Gasteiger partial charge in [0.25, 0.3) is 0 Å². The number of fused-ring (bicyclic) bond motifs is 1. The summed E-state index contributed by atoms with van der Waals surface area (Å²) in [6, 6.07) is 4.97. The van der Waals surface area contributed by atoms with E-state index in [2.05, 4.69) is 0 Å². The number of sulfone groups is 1. The van der Waals surface area contributed by atoms with Crippen LogP contribution >= 0.6 is 0 Å². The summed E-state index contributed by atoms with van der Waals surface area (Å²) in [5.41, 5.74) is 0. The second-order valence-corrected chi connectivity index (χ2v) is 6.47. The lowest BCUT2D eigenvalue weighted by Gasteiger charge is -2.15. The molecule has 0 aromatic heterocycles. The van der Waals surface area contributed by atoms with Gasteiger partial charge in [-0.1, -0.05) is 0 Å². The zero-order valence-electron chi connectivity index (χ0n) is 9.40. The summed E-state index contributed by atoms with van der Waals surface area (Å²) in [4.78, 5) is 0. The Morgan fingerprint density at radius 3 is 2.72 bits per heavy atom. The van der Waals surface area contributed by atoms with Crippen LogP contribution in [-0.2, 0) is 9.84 Å². The van der Waals surface area contributed by atoms with E-state index in [1.807, 2.05) is 0 Å². The average molecular weight is 272 g/mol. The lowest BCUT2D eigenvalue weighted by molar-refractivity contribution is 0.0736. The van der Waals surface area contributed by atoms with Crippen LogP contribution in [0.2, 0.25) is 0 Å².